The van der Waals surface area contributed by atoms with Crippen LogP contribution in [-0.4, -0.2) is 0 Å². The lowest BCUT2D eigenvalue weighted by atomic mass is 9.98. The van der Waals surface area contributed by atoms with Crippen LogP contribution in [0.5, 0.6) is 0 Å². The van der Waals surface area contributed by atoms with Crippen molar-refractivity contribution in [2.45, 2.75) is 13.3 Å². The summed E-state index contributed by atoms with van der Waals surface area (Å²) in [5, 5.41) is 0. The predicted octanol–water partition coefficient (Wildman–Crippen LogP) is 3.86. The second kappa shape index (κ2) is 4.26. The van der Waals surface area contributed by atoms with Gasteiger partial charge in [-0.3, -0.25) is 0 Å². The maximum Gasteiger partial charge on any atom is 0.131 e. The molecule has 0 aliphatic heterocycles. The summed E-state index contributed by atoms with van der Waals surface area (Å²) in [6.07, 6.45) is 0.980. The number of benzene rings is 2. The summed E-state index contributed by atoms with van der Waals surface area (Å²) in [7, 11) is 0. The van der Waals surface area contributed by atoms with Gasteiger partial charge in [0.1, 0.15) is 5.82 Å². The molecule has 0 aliphatic rings. The highest BCUT2D eigenvalue weighted by atomic mass is 19.1. The number of aryl methyl sites for hydroxylation is 1. The van der Waals surface area contributed by atoms with Crippen molar-refractivity contribution in [1.29, 1.82) is 0 Å². The Hall–Kier alpha value is -1.63. The normalized spacial score (nSPS) is 10.3. The van der Waals surface area contributed by atoms with Gasteiger partial charge in [0.25, 0.3) is 0 Å². The lowest BCUT2D eigenvalue weighted by molar-refractivity contribution is 0.626. The molecule has 2 rings (SSSR count). The van der Waals surface area contributed by atoms with Gasteiger partial charge in [0.2, 0.25) is 0 Å². The van der Waals surface area contributed by atoms with Gasteiger partial charge in [0.05, 0.1) is 0 Å². The number of hydrogen-bond acceptors (Lipinski definition) is 0. The maximum absolute atomic E-state index is 12.7. The van der Waals surface area contributed by atoms with Crippen molar-refractivity contribution in [3.05, 3.63) is 59.9 Å². The quantitative estimate of drug-likeness (QED) is 0.689. The number of halogens is 1. The van der Waals surface area contributed by atoms with Crippen molar-refractivity contribution in [3.8, 4) is 11.1 Å². The van der Waals surface area contributed by atoms with Crippen LogP contribution in [0.25, 0.3) is 11.1 Å². The topological polar surface area (TPSA) is 0 Å². The summed E-state index contributed by atoms with van der Waals surface area (Å²) < 4.78 is 12.7. The molecule has 0 unspecified atom stereocenters. The Bertz CT molecular complexity index is 443. The zero-order valence-electron chi connectivity index (χ0n) is 8.63. The Morgan fingerprint density at radius 3 is 2.60 bits per heavy atom. The fourth-order valence-electron chi connectivity index (χ4n) is 1.68. The number of hydrogen-bond donors (Lipinski definition) is 0. The fourth-order valence-corrected chi connectivity index (χ4v) is 1.68. The Morgan fingerprint density at radius 2 is 1.93 bits per heavy atom. The van der Waals surface area contributed by atoms with Gasteiger partial charge < -0.3 is 0 Å². The second-order valence-corrected chi connectivity index (χ2v) is 3.44. The molecule has 2 aromatic carbocycles. The first-order valence-electron chi connectivity index (χ1n) is 5.07. The van der Waals surface area contributed by atoms with E-state index in [9.17, 15) is 4.39 Å². The molecule has 1 radical (unpaired) electrons. The molecule has 0 fully saturated rings. The van der Waals surface area contributed by atoms with Crippen molar-refractivity contribution >= 4 is 0 Å². The lowest BCUT2D eigenvalue weighted by Gasteiger charge is -2.07. The van der Waals surface area contributed by atoms with Gasteiger partial charge in [-0.25, -0.2) is 4.39 Å². The highest BCUT2D eigenvalue weighted by molar-refractivity contribution is 5.67. The van der Waals surface area contributed by atoms with Crippen molar-refractivity contribution in [1.82, 2.24) is 0 Å². The molecule has 0 nitrogen and oxygen atoms in total. The summed E-state index contributed by atoms with van der Waals surface area (Å²) in [5.41, 5.74) is 3.46. The molecule has 1 heteroatoms. The van der Waals surface area contributed by atoms with Gasteiger partial charge in [-0.2, -0.15) is 0 Å². The SMILES string of the molecule is CCc1ccccc1-c1c[c]c(F)cc1. The third kappa shape index (κ3) is 2.07. The Morgan fingerprint density at radius 1 is 1.13 bits per heavy atom. The van der Waals surface area contributed by atoms with E-state index in [1.807, 2.05) is 12.1 Å². The molecule has 75 valence electrons. The molecule has 0 atom stereocenters. The average molecular weight is 199 g/mol. The van der Waals surface area contributed by atoms with Crippen LogP contribution in [0, 0.1) is 11.9 Å². The van der Waals surface area contributed by atoms with Crippen molar-refractivity contribution < 1.29 is 4.39 Å². The van der Waals surface area contributed by atoms with E-state index in [1.165, 1.54) is 11.6 Å². The van der Waals surface area contributed by atoms with Crippen LogP contribution < -0.4 is 0 Å². The molecular formula is C14H12F. The van der Waals surface area contributed by atoms with E-state index in [4.69, 9.17) is 0 Å². The summed E-state index contributed by atoms with van der Waals surface area (Å²) in [6.45, 7) is 2.12. The van der Waals surface area contributed by atoms with E-state index in [0.717, 1.165) is 17.5 Å². The van der Waals surface area contributed by atoms with E-state index in [0.29, 0.717) is 0 Å². The predicted molar refractivity (Wildman–Crippen MR) is 60.1 cm³/mol. The first-order valence-corrected chi connectivity index (χ1v) is 5.07. The van der Waals surface area contributed by atoms with Crippen LogP contribution in [-0.2, 0) is 6.42 Å². The van der Waals surface area contributed by atoms with Crippen LogP contribution in [0.2, 0.25) is 0 Å². The largest absolute Gasteiger partial charge is 0.206 e. The monoisotopic (exact) mass is 199 g/mol. The minimum atomic E-state index is -0.312. The third-order valence-electron chi connectivity index (χ3n) is 2.48. The zero-order valence-corrected chi connectivity index (χ0v) is 8.63. The van der Waals surface area contributed by atoms with E-state index in [-0.39, 0.29) is 5.82 Å². The standard InChI is InChI=1S/C14H12F/c1-2-11-5-3-4-6-14(11)12-7-9-13(15)10-8-12/h3-9H,2H2,1H3. The molecular weight excluding hydrogens is 187 g/mol. The Kier molecular flexibility index (Phi) is 2.82. The molecule has 0 aliphatic carbocycles. The highest BCUT2D eigenvalue weighted by Crippen LogP contribution is 2.23. The molecule has 0 bridgehead atoms. The molecule has 0 amide bonds. The number of rotatable bonds is 2. The van der Waals surface area contributed by atoms with Gasteiger partial charge in [-0.05, 0) is 35.2 Å². The van der Waals surface area contributed by atoms with E-state index in [1.54, 1.807) is 12.1 Å². The molecule has 0 aromatic heterocycles. The fraction of sp³-hybridized carbons (Fsp3) is 0.143. The smallest absolute Gasteiger partial charge is 0.131 e. The summed E-state index contributed by atoms with van der Waals surface area (Å²) in [4.78, 5) is 0. The van der Waals surface area contributed by atoms with E-state index in [2.05, 4.69) is 25.1 Å². The van der Waals surface area contributed by atoms with Gasteiger partial charge in [-0.15, -0.1) is 0 Å². The van der Waals surface area contributed by atoms with Crippen molar-refractivity contribution in [3.63, 3.8) is 0 Å². The van der Waals surface area contributed by atoms with Gasteiger partial charge in [0.15, 0.2) is 0 Å². The van der Waals surface area contributed by atoms with Crippen molar-refractivity contribution in [2.75, 3.05) is 0 Å². The van der Waals surface area contributed by atoms with Crippen LogP contribution in [0.15, 0.2) is 42.5 Å². The second-order valence-electron chi connectivity index (χ2n) is 3.44. The minimum absolute atomic E-state index is 0.312. The average Bonchev–Trinajstić information content (AvgIpc) is 2.30. The molecule has 2 aromatic rings. The first-order chi connectivity index (χ1) is 7.31. The minimum Gasteiger partial charge on any atom is -0.206 e. The third-order valence-corrected chi connectivity index (χ3v) is 2.48. The summed E-state index contributed by atoms with van der Waals surface area (Å²) in [6, 6.07) is 15.7. The Labute approximate surface area is 89.4 Å². The molecule has 0 N–H and O–H groups in total. The molecule has 0 saturated carbocycles. The Balaban J connectivity index is 2.49. The maximum atomic E-state index is 12.7. The first kappa shape index (κ1) is 9.91. The van der Waals surface area contributed by atoms with E-state index >= 15 is 0 Å². The van der Waals surface area contributed by atoms with Crippen LogP contribution >= 0.6 is 0 Å². The molecule has 0 saturated heterocycles. The zero-order chi connectivity index (χ0) is 10.7. The molecule has 0 spiro atoms. The molecule has 15 heavy (non-hydrogen) atoms. The summed E-state index contributed by atoms with van der Waals surface area (Å²) in [5.74, 6) is -0.312. The van der Waals surface area contributed by atoms with Crippen LogP contribution in [0.1, 0.15) is 12.5 Å². The van der Waals surface area contributed by atoms with Crippen LogP contribution in [0.3, 0.4) is 0 Å². The van der Waals surface area contributed by atoms with Crippen molar-refractivity contribution in [2.24, 2.45) is 0 Å². The van der Waals surface area contributed by atoms with E-state index < -0.39 is 0 Å². The molecule has 0 heterocycles. The van der Waals surface area contributed by atoms with Gasteiger partial charge in [-0.1, -0.05) is 37.3 Å². The van der Waals surface area contributed by atoms with Gasteiger partial charge in [0, 0.05) is 6.07 Å². The summed E-state index contributed by atoms with van der Waals surface area (Å²) >= 11 is 0. The lowest BCUT2D eigenvalue weighted by Crippen LogP contribution is -1.87. The highest BCUT2D eigenvalue weighted by Gasteiger charge is 2.02. The van der Waals surface area contributed by atoms with Gasteiger partial charge >= 0.3 is 0 Å². The van der Waals surface area contributed by atoms with Crippen LogP contribution in [0.4, 0.5) is 4.39 Å².